The number of rotatable bonds is 4. The van der Waals surface area contributed by atoms with Crippen molar-refractivity contribution in [2.24, 2.45) is 5.92 Å². The molecule has 2 heterocycles. The van der Waals surface area contributed by atoms with Crippen molar-refractivity contribution in [1.82, 2.24) is 0 Å². The van der Waals surface area contributed by atoms with Crippen molar-refractivity contribution >= 4 is 0 Å². The minimum absolute atomic E-state index is 0.185. The van der Waals surface area contributed by atoms with Gasteiger partial charge in [0.1, 0.15) is 0 Å². The van der Waals surface area contributed by atoms with E-state index in [4.69, 9.17) is 9.47 Å². The van der Waals surface area contributed by atoms with Crippen LogP contribution in [0.15, 0.2) is 0 Å². The van der Waals surface area contributed by atoms with Crippen molar-refractivity contribution < 1.29 is 9.47 Å². The zero-order valence-electron chi connectivity index (χ0n) is 10.8. The van der Waals surface area contributed by atoms with Crippen LogP contribution in [0.25, 0.3) is 0 Å². The van der Waals surface area contributed by atoms with Gasteiger partial charge in [-0.05, 0) is 52.4 Å². The molecule has 0 radical (unpaired) electrons. The average molecular weight is 224 g/mol. The van der Waals surface area contributed by atoms with E-state index in [2.05, 4.69) is 20.8 Å². The van der Waals surface area contributed by atoms with Gasteiger partial charge in [0.25, 0.3) is 0 Å². The number of epoxide rings is 2. The molecule has 0 N–H and O–H groups in total. The van der Waals surface area contributed by atoms with Crippen LogP contribution in [0.2, 0.25) is 0 Å². The second-order valence-corrected chi connectivity index (χ2v) is 6.70. The lowest BCUT2D eigenvalue weighted by Gasteiger charge is -2.22. The van der Waals surface area contributed by atoms with Gasteiger partial charge in [-0.3, -0.25) is 0 Å². The minimum Gasteiger partial charge on any atom is -0.367 e. The Balaban J connectivity index is 1.34. The molecular formula is C14H24O2. The van der Waals surface area contributed by atoms with Crippen LogP contribution >= 0.6 is 0 Å². The van der Waals surface area contributed by atoms with E-state index in [0.29, 0.717) is 12.2 Å². The van der Waals surface area contributed by atoms with E-state index in [1.54, 1.807) is 0 Å². The van der Waals surface area contributed by atoms with Crippen LogP contribution in [0.4, 0.5) is 0 Å². The molecule has 0 bridgehead atoms. The molecule has 2 nitrogen and oxygen atoms in total. The van der Waals surface area contributed by atoms with Crippen LogP contribution in [-0.2, 0) is 9.47 Å². The molecule has 92 valence electrons. The van der Waals surface area contributed by atoms with E-state index < -0.39 is 0 Å². The maximum Gasteiger partial charge on any atom is 0.0920 e. The molecule has 16 heavy (non-hydrogen) atoms. The van der Waals surface area contributed by atoms with E-state index >= 15 is 0 Å². The summed E-state index contributed by atoms with van der Waals surface area (Å²) in [5.41, 5.74) is 0.475. The van der Waals surface area contributed by atoms with Crippen molar-refractivity contribution in [3.63, 3.8) is 0 Å². The molecule has 0 spiro atoms. The summed E-state index contributed by atoms with van der Waals surface area (Å²) in [6.45, 7) is 6.66. The monoisotopic (exact) mass is 224 g/mol. The molecule has 3 aliphatic rings. The standard InChI is InChI=1S/C14H24O2/c1-13(2)11(15-13)6-4-5-10-7-8-14(3)12(9-10)16-14/h10-12H,4-9H2,1-3H3. The summed E-state index contributed by atoms with van der Waals surface area (Å²) in [4.78, 5) is 0. The maximum atomic E-state index is 5.74. The predicted octanol–water partition coefficient (Wildman–Crippen LogP) is 3.29. The molecule has 3 rings (SSSR count). The number of ether oxygens (including phenoxy) is 2. The molecular weight excluding hydrogens is 200 g/mol. The quantitative estimate of drug-likeness (QED) is 0.685. The molecule has 1 aliphatic carbocycles. The molecule has 2 saturated heterocycles. The lowest BCUT2D eigenvalue weighted by molar-refractivity contribution is 0.294. The van der Waals surface area contributed by atoms with Gasteiger partial charge >= 0.3 is 0 Å². The molecule has 0 aromatic heterocycles. The fraction of sp³-hybridized carbons (Fsp3) is 1.00. The van der Waals surface area contributed by atoms with Crippen LogP contribution in [0.1, 0.15) is 59.3 Å². The highest BCUT2D eigenvalue weighted by atomic mass is 16.6. The summed E-state index contributed by atoms with van der Waals surface area (Å²) >= 11 is 0. The van der Waals surface area contributed by atoms with Gasteiger partial charge in [0.2, 0.25) is 0 Å². The Bertz CT molecular complexity index is 286. The van der Waals surface area contributed by atoms with Crippen molar-refractivity contribution in [2.45, 2.75) is 82.7 Å². The van der Waals surface area contributed by atoms with E-state index in [1.165, 1.54) is 38.5 Å². The average Bonchev–Trinajstić information content (AvgIpc) is 3.03. The summed E-state index contributed by atoms with van der Waals surface area (Å²) in [6, 6.07) is 0. The first kappa shape index (κ1) is 11.0. The highest BCUT2D eigenvalue weighted by Crippen LogP contribution is 2.50. The number of hydrogen-bond acceptors (Lipinski definition) is 2. The van der Waals surface area contributed by atoms with Gasteiger partial charge in [0.05, 0.1) is 23.4 Å². The third-order valence-corrected chi connectivity index (χ3v) is 4.87. The summed E-state index contributed by atoms with van der Waals surface area (Å²) in [5.74, 6) is 0.919. The van der Waals surface area contributed by atoms with Crippen molar-refractivity contribution in [3.05, 3.63) is 0 Å². The Morgan fingerprint density at radius 3 is 2.50 bits per heavy atom. The number of hydrogen-bond donors (Lipinski definition) is 0. The number of fused-ring (bicyclic) bond motifs is 1. The van der Waals surface area contributed by atoms with E-state index in [-0.39, 0.29) is 11.2 Å². The first-order valence-electron chi connectivity index (χ1n) is 6.85. The van der Waals surface area contributed by atoms with Gasteiger partial charge in [-0.2, -0.15) is 0 Å². The van der Waals surface area contributed by atoms with Crippen molar-refractivity contribution in [1.29, 1.82) is 0 Å². The van der Waals surface area contributed by atoms with E-state index in [1.807, 2.05) is 0 Å². The van der Waals surface area contributed by atoms with Gasteiger partial charge in [0.15, 0.2) is 0 Å². The fourth-order valence-corrected chi connectivity index (χ4v) is 3.31. The van der Waals surface area contributed by atoms with Crippen LogP contribution in [-0.4, -0.2) is 23.4 Å². The van der Waals surface area contributed by atoms with Crippen molar-refractivity contribution in [3.8, 4) is 0 Å². The summed E-state index contributed by atoms with van der Waals surface area (Å²) in [6.07, 6.45) is 9.08. The zero-order valence-corrected chi connectivity index (χ0v) is 10.8. The molecule has 4 unspecified atom stereocenters. The maximum absolute atomic E-state index is 5.74. The van der Waals surface area contributed by atoms with Gasteiger partial charge in [-0.15, -0.1) is 0 Å². The van der Waals surface area contributed by atoms with Crippen LogP contribution in [0.3, 0.4) is 0 Å². The molecule has 0 aromatic rings. The first-order valence-corrected chi connectivity index (χ1v) is 6.85. The second kappa shape index (κ2) is 3.46. The third kappa shape index (κ3) is 2.02. The smallest absolute Gasteiger partial charge is 0.0920 e. The van der Waals surface area contributed by atoms with Crippen LogP contribution < -0.4 is 0 Å². The molecule has 2 heteroatoms. The topological polar surface area (TPSA) is 25.1 Å². The highest BCUT2D eigenvalue weighted by molar-refractivity contribution is 5.03. The third-order valence-electron chi connectivity index (χ3n) is 4.87. The fourth-order valence-electron chi connectivity index (χ4n) is 3.31. The Hall–Kier alpha value is -0.0800. The van der Waals surface area contributed by atoms with Crippen molar-refractivity contribution in [2.75, 3.05) is 0 Å². The molecule has 0 amide bonds. The molecule has 2 aliphatic heterocycles. The van der Waals surface area contributed by atoms with E-state index in [9.17, 15) is 0 Å². The van der Waals surface area contributed by atoms with Gasteiger partial charge in [-0.1, -0.05) is 12.8 Å². The Morgan fingerprint density at radius 1 is 1.12 bits per heavy atom. The SMILES string of the molecule is CC1(C)OC1CCCC1CCC2(C)OC2C1. The predicted molar refractivity (Wildman–Crippen MR) is 63.4 cm³/mol. The molecule has 1 saturated carbocycles. The molecule has 4 atom stereocenters. The summed E-state index contributed by atoms with van der Waals surface area (Å²) in [5, 5.41) is 0. The highest BCUT2D eigenvalue weighted by Gasteiger charge is 2.55. The minimum atomic E-state index is 0.185. The van der Waals surface area contributed by atoms with Crippen LogP contribution in [0.5, 0.6) is 0 Å². The van der Waals surface area contributed by atoms with E-state index in [0.717, 1.165) is 5.92 Å². The van der Waals surface area contributed by atoms with Gasteiger partial charge in [-0.25, -0.2) is 0 Å². The normalized spacial score (nSPS) is 48.6. The zero-order chi connectivity index (χ0) is 11.4. The Kier molecular flexibility index (Phi) is 2.38. The largest absolute Gasteiger partial charge is 0.367 e. The second-order valence-electron chi connectivity index (χ2n) is 6.70. The Morgan fingerprint density at radius 2 is 1.88 bits per heavy atom. The molecule has 0 aromatic carbocycles. The summed E-state index contributed by atoms with van der Waals surface area (Å²) < 4.78 is 11.4. The lowest BCUT2D eigenvalue weighted by atomic mass is 9.80. The van der Waals surface area contributed by atoms with Gasteiger partial charge in [0, 0.05) is 0 Å². The Labute approximate surface area is 98.7 Å². The lowest BCUT2D eigenvalue weighted by Crippen LogP contribution is -2.21. The van der Waals surface area contributed by atoms with Gasteiger partial charge < -0.3 is 9.47 Å². The molecule has 3 fully saturated rings. The van der Waals surface area contributed by atoms with Crippen LogP contribution in [0, 0.1) is 5.92 Å². The summed E-state index contributed by atoms with van der Waals surface area (Å²) in [7, 11) is 0. The first-order chi connectivity index (χ1) is 7.50.